The molecule has 2 aromatic heterocycles. The summed E-state index contributed by atoms with van der Waals surface area (Å²) >= 11 is 1.38. The lowest BCUT2D eigenvalue weighted by atomic mass is 9.88. The fraction of sp³-hybridized carbons (Fsp3) is 0.448. The van der Waals surface area contributed by atoms with E-state index in [1.807, 2.05) is 6.92 Å². The van der Waals surface area contributed by atoms with Crippen molar-refractivity contribution >= 4 is 34.2 Å². The van der Waals surface area contributed by atoms with Crippen molar-refractivity contribution in [2.45, 2.75) is 66.6 Å². The maximum absolute atomic E-state index is 13.0. The summed E-state index contributed by atoms with van der Waals surface area (Å²) in [7, 11) is 1.46. The largest absolute Gasteiger partial charge is 0.493 e. The van der Waals surface area contributed by atoms with E-state index in [-0.39, 0.29) is 18.8 Å². The number of thiophene rings is 1. The van der Waals surface area contributed by atoms with Gasteiger partial charge in [0.05, 0.1) is 36.1 Å². The molecule has 0 saturated heterocycles. The standard InChI is InChI=1S/C29H34N2O8S/c1-7-36-29(34)25-20-10-8-15(2)12-24(20)40-27(25)30-26(32)18(5)38-28(33)19-9-11-22(23(13-19)35-6)37-14-21-16(3)31-39-17(21)4/h9,11,13,15,18H,7-8,10,12,14H2,1-6H3,(H,30,32)/t15-,18+/m0/s1. The van der Waals surface area contributed by atoms with Crippen molar-refractivity contribution in [2.75, 3.05) is 19.0 Å². The monoisotopic (exact) mass is 570 g/mol. The number of ether oxygens (including phenoxy) is 4. The number of methoxy groups -OCH3 is 1. The predicted octanol–water partition coefficient (Wildman–Crippen LogP) is 5.43. The molecule has 2 atom stereocenters. The molecule has 1 N–H and O–H groups in total. The highest BCUT2D eigenvalue weighted by Crippen LogP contribution is 2.40. The first-order valence-electron chi connectivity index (χ1n) is 13.2. The number of esters is 2. The second-order valence-corrected chi connectivity index (χ2v) is 10.9. The number of nitrogens with one attached hydrogen (secondary N) is 1. The first-order chi connectivity index (χ1) is 19.1. The van der Waals surface area contributed by atoms with Gasteiger partial charge in [-0.05, 0) is 76.6 Å². The molecule has 0 radical (unpaired) electrons. The Morgan fingerprint density at radius 2 is 1.98 bits per heavy atom. The van der Waals surface area contributed by atoms with Gasteiger partial charge in [0.25, 0.3) is 5.91 Å². The van der Waals surface area contributed by atoms with Crippen LogP contribution in [0.3, 0.4) is 0 Å². The van der Waals surface area contributed by atoms with Crippen LogP contribution in [0, 0.1) is 19.8 Å². The number of amides is 1. The Hall–Kier alpha value is -3.86. The van der Waals surface area contributed by atoms with E-state index in [9.17, 15) is 14.4 Å². The minimum atomic E-state index is -1.12. The Bertz CT molecular complexity index is 1390. The third kappa shape index (κ3) is 6.30. The van der Waals surface area contributed by atoms with Crippen molar-refractivity contribution in [1.82, 2.24) is 5.16 Å². The number of carbonyl (C=O) groups is 3. The van der Waals surface area contributed by atoms with E-state index in [1.165, 1.54) is 37.5 Å². The van der Waals surface area contributed by atoms with E-state index in [2.05, 4.69) is 17.4 Å². The summed E-state index contributed by atoms with van der Waals surface area (Å²) in [6, 6.07) is 4.62. The number of rotatable bonds is 10. The van der Waals surface area contributed by atoms with E-state index >= 15 is 0 Å². The molecule has 11 heteroatoms. The lowest BCUT2D eigenvalue weighted by Crippen LogP contribution is -2.30. The smallest absolute Gasteiger partial charge is 0.341 e. The quantitative estimate of drug-likeness (QED) is 0.318. The van der Waals surface area contributed by atoms with Crippen molar-refractivity contribution in [1.29, 1.82) is 0 Å². The molecule has 0 unspecified atom stereocenters. The van der Waals surface area contributed by atoms with Crippen molar-refractivity contribution in [3.63, 3.8) is 0 Å². The molecule has 40 heavy (non-hydrogen) atoms. The van der Waals surface area contributed by atoms with Crippen LogP contribution in [0.25, 0.3) is 0 Å². The summed E-state index contributed by atoms with van der Waals surface area (Å²) in [5.41, 5.74) is 3.09. The van der Waals surface area contributed by atoms with E-state index < -0.39 is 23.9 Å². The van der Waals surface area contributed by atoms with Crippen LogP contribution in [0.4, 0.5) is 5.00 Å². The van der Waals surface area contributed by atoms with Gasteiger partial charge in [0.1, 0.15) is 17.4 Å². The zero-order chi connectivity index (χ0) is 29.0. The average molecular weight is 571 g/mol. The Kier molecular flexibility index (Phi) is 9.14. The zero-order valence-electron chi connectivity index (χ0n) is 23.5. The SMILES string of the molecule is CCOC(=O)c1c(NC(=O)[C@@H](C)OC(=O)c2ccc(OCc3c(C)noc3C)c(OC)c2)sc2c1CC[C@H](C)C2. The Morgan fingerprint density at radius 1 is 1.20 bits per heavy atom. The number of benzene rings is 1. The van der Waals surface area contributed by atoms with Crippen LogP contribution in [0.15, 0.2) is 22.7 Å². The molecule has 1 aliphatic carbocycles. The van der Waals surface area contributed by atoms with E-state index in [0.717, 1.165) is 41.0 Å². The number of aryl methyl sites for hydroxylation is 2. The molecule has 0 saturated carbocycles. The van der Waals surface area contributed by atoms with E-state index in [0.29, 0.717) is 33.7 Å². The average Bonchev–Trinajstić information content (AvgIpc) is 3.44. The molecule has 1 aromatic carbocycles. The second kappa shape index (κ2) is 12.5. The van der Waals surface area contributed by atoms with Gasteiger partial charge in [0.2, 0.25) is 0 Å². The Balaban J connectivity index is 1.43. The molecule has 0 spiro atoms. The number of carbonyl (C=O) groups excluding carboxylic acids is 3. The highest BCUT2D eigenvalue weighted by atomic mass is 32.1. The van der Waals surface area contributed by atoms with Gasteiger partial charge >= 0.3 is 11.9 Å². The first-order valence-corrected chi connectivity index (χ1v) is 14.0. The molecule has 0 bridgehead atoms. The van der Waals surface area contributed by atoms with Gasteiger partial charge in [0, 0.05) is 4.88 Å². The highest BCUT2D eigenvalue weighted by molar-refractivity contribution is 7.17. The molecule has 2 heterocycles. The van der Waals surface area contributed by atoms with Crippen LogP contribution in [0.2, 0.25) is 0 Å². The zero-order valence-corrected chi connectivity index (χ0v) is 24.4. The van der Waals surface area contributed by atoms with Gasteiger partial charge in [-0.25, -0.2) is 9.59 Å². The molecular formula is C29H34N2O8S. The molecule has 4 rings (SSSR count). The minimum absolute atomic E-state index is 0.189. The van der Waals surface area contributed by atoms with Crippen LogP contribution in [0.5, 0.6) is 11.5 Å². The van der Waals surface area contributed by atoms with Crippen molar-refractivity contribution in [3.8, 4) is 11.5 Å². The summed E-state index contributed by atoms with van der Waals surface area (Å²) in [6.45, 7) is 9.46. The van der Waals surface area contributed by atoms with Crippen molar-refractivity contribution < 1.29 is 37.9 Å². The predicted molar refractivity (Wildman–Crippen MR) is 148 cm³/mol. The summed E-state index contributed by atoms with van der Waals surface area (Å²) in [4.78, 5) is 39.7. The number of fused-ring (bicyclic) bond motifs is 1. The third-order valence-corrected chi connectivity index (χ3v) is 8.00. The summed E-state index contributed by atoms with van der Waals surface area (Å²) in [5.74, 6) is 0.200. The summed E-state index contributed by atoms with van der Waals surface area (Å²) in [6.07, 6.45) is 1.43. The lowest BCUT2D eigenvalue weighted by molar-refractivity contribution is -0.123. The van der Waals surface area contributed by atoms with Gasteiger partial charge in [0.15, 0.2) is 17.6 Å². The van der Waals surface area contributed by atoms with Crippen molar-refractivity contribution in [2.24, 2.45) is 5.92 Å². The van der Waals surface area contributed by atoms with Gasteiger partial charge in [-0.2, -0.15) is 0 Å². The van der Waals surface area contributed by atoms with Crippen LogP contribution >= 0.6 is 11.3 Å². The van der Waals surface area contributed by atoms with Crippen LogP contribution in [0.1, 0.15) is 75.4 Å². The molecule has 214 valence electrons. The highest BCUT2D eigenvalue weighted by Gasteiger charge is 2.30. The summed E-state index contributed by atoms with van der Waals surface area (Å²) < 4.78 is 27.1. The third-order valence-electron chi connectivity index (χ3n) is 6.83. The van der Waals surface area contributed by atoms with Gasteiger partial charge in [-0.15, -0.1) is 11.3 Å². The number of anilines is 1. The van der Waals surface area contributed by atoms with Gasteiger partial charge in [-0.3, -0.25) is 4.79 Å². The fourth-order valence-electron chi connectivity index (χ4n) is 4.53. The van der Waals surface area contributed by atoms with E-state index in [1.54, 1.807) is 19.9 Å². The number of hydrogen-bond acceptors (Lipinski definition) is 10. The molecular weight excluding hydrogens is 536 g/mol. The van der Waals surface area contributed by atoms with Gasteiger partial charge in [-0.1, -0.05) is 12.1 Å². The molecule has 0 aliphatic heterocycles. The summed E-state index contributed by atoms with van der Waals surface area (Å²) in [5, 5.41) is 7.13. The number of hydrogen-bond donors (Lipinski definition) is 1. The fourth-order valence-corrected chi connectivity index (χ4v) is 5.93. The minimum Gasteiger partial charge on any atom is -0.493 e. The van der Waals surface area contributed by atoms with Crippen molar-refractivity contribution in [3.05, 3.63) is 56.8 Å². The maximum atomic E-state index is 13.0. The Morgan fingerprint density at radius 3 is 2.65 bits per heavy atom. The van der Waals surface area contributed by atoms with E-state index in [4.69, 9.17) is 23.5 Å². The van der Waals surface area contributed by atoms with Gasteiger partial charge < -0.3 is 28.8 Å². The van der Waals surface area contributed by atoms with Crippen LogP contribution < -0.4 is 14.8 Å². The van der Waals surface area contributed by atoms with Crippen LogP contribution in [-0.4, -0.2) is 42.8 Å². The lowest BCUT2D eigenvalue weighted by Gasteiger charge is -2.18. The van der Waals surface area contributed by atoms with Crippen LogP contribution in [-0.2, 0) is 33.7 Å². The molecule has 10 nitrogen and oxygen atoms in total. The second-order valence-electron chi connectivity index (χ2n) is 9.77. The number of aromatic nitrogens is 1. The maximum Gasteiger partial charge on any atom is 0.341 e. The normalized spacial score (nSPS) is 15.1. The molecule has 0 fully saturated rings. The topological polar surface area (TPSA) is 126 Å². The Labute approximate surface area is 236 Å². The molecule has 1 aliphatic rings. The molecule has 1 amide bonds. The first kappa shape index (κ1) is 29.1. The molecule has 3 aromatic rings. The number of nitrogens with zero attached hydrogens (tertiary/aromatic N) is 1.